The summed E-state index contributed by atoms with van der Waals surface area (Å²) in [5.74, 6) is -1.33. The summed E-state index contributed by atoms with van der Waals surface area (Å²) in [6.07, 6.45) is 1.69. The van der Waals surface area contributed by atoms with Gasteiger partial charge in [0.05, 0.1) is 6.42 Å². The summed E-state index contributed by atoms with van der Waals surface area (Å²) in [7, 11) is 1.72. The lowest BCUT2D eigenvalue weighted by molar-refractivity contribution is -0.142. The van der Waals surface area contributed by atoms with Gasteiger partial charge in [-0.15, -0.1) is 0 Å². The Balaban J connectivity index is 2.43. The number of carboxylic acid groups (broad SMARTS) is 1. The molecule has 1 atom stereocenters. The molecule has 0 aromatic carbocycles. The fourth-order valence-electron chi connectivity index (χ4n) is 1.82. The van der Waals surface area contributed by atoms with E-state index in [-0.39, 0.29) is 18.4 Å². The van der Waals surface area contributed by atoms with Crippen molar-refractivity contribution < 1.29 is 14.7 Å². The predicted octanol–water partition coefficient (Wildman–Crippen LogP) is -1.00. The van der Waals surface area contributed by atoms with E-state index in [2.05, 4.69) is 5.32 Å². The smallest absolute Gasteiger partial charge is 0.321 e. The third-order valence-electron chi connectivity index (χ3n) is 2.96. The van der Waals surface area contributed by atoms with E-state index in [9.17, 15) is 9.59 Å². The number of carbonyl (C=O) groups excluding carboxylic acids is 1. The highest BCUT2D eigenvalue weighted by Gasteiger charge is 2.24. The Hall–Kier alpha value is -1.14. The van der Waals surface area contributed by atoms with Gasteiger partial charge in [-0.05, 0) is 25.9 Å². The van der Waals surface area contributed by atoms with E-state index < -0.39 is 12.0 Å². The fraction of sp³-hybridized carbons (Fsp3) is 0.800. The van der Waals surface area contributed by atoms with Gasteiger partial charge in [-0.3, -0.25) is 9.59 Å². The summed E-state index contributed by atoms with van der Waals surface area (Å²) in [5, 5.41) is 11.8. The van der Waals surface area contributed by atoms with Crippen LogP contribution < -0.4 is 11.1 Å². The maximum atomic E-state index is 11.7. The first-order valence-electron chi connectivity index (χ1n) is 5.47. The normalized spacial score (nSPS) is 19.1. The maximum absolute atomic E-state index is 11.7. The number of nitrogens with zero attached hydrogens (tertiary/aromatic N) is 1. The lowest BCUT2D eigenvalue weighted by Gasteiger charge is -2.32. The fourth-order valence-corrected chi connectivity index (χ4v) is 1.82. The van der Waals surface area contributed by atoms with Crippen molar-refractivity contribution >= 4 is 11.9 Å². The molecule has 0 aromatic heterocycles. The average molecular weight is 229 g/mol. The molecule has 0 spiro atoms. The summed E-state index contributed by atoms with van der Waals surface area (Å²) in [6, 6.07) is -0.897. The Morgan fingerprint density at radius 1 is 1.50 bits per heavy atom. The highest BCUT2D eigenvalue weighted by molar-refractivity contribution is 5.84. The van der Waals surface area contributed by atoms with E-state index in [0.717, 1.165) is 25.9 Å². The van der Waals surface area contributed by atoms with Crippen molar-refractivity contribution in [3.05, 3.63) is 0 Å². The summed E-state index contributed by atoms with van der Waals surface area (Å²) in [6.45, 7) is 1.79. The van der Waals surface area contributed by atoms with Gasteiger partial charge in [-0.25, -0.2) is 0 Å². The number of piperidine rings is 1. The van der Waals surface area contributed by atoms with E-state index in [1.165, 1.54) is 0 Å². The summed E-state index contributed by atoms with van der Waals surface area (Å²) in [5.41, 5.74) is 5.33. The number of carbonyl (C=O) groups is 2. The lowest BCUT2D eigenvalue weighted by atomic mass is 10.0. The van der Waals surface area contributed by atoms with Gasteiger partial charge >= 0.3 is 5.97 Å². The van der Waals surface area contributed by atoms with Gasteiger partial charge in [0.15, 0.2) is 0 Å². The molecule has 0 aromatic rings. The molecule has 1 aliphatic rings. The first-order chi connectivity index (χ1) is 7.52. The average Bonchev–Trinajstić information content (AvgIpc) is 2.28. The van der Waals surface area contributed by atoms with Gasteiger partial charge in [-0.1, -0.05) is 0 Å². The zero-order valence-corrected chi connectivity index (χ0v) is 9.48. The number of hydrogen-bond donors (Lipinski definition) is 3. The Morgan fingerprint density at radius 3 is 2.56 bits per heavy atom. The molecule has 1 saturated heterocycles. The molecule has 0 bridgehead atoms. The van der Waals surface area contributed by atoms with Crippen LogP contribution >= 0.6 is 0 Å². The van der Waals surface area contributed by atoms with Crippen LogP contribution in [0, 0.1) is 0 Å². The maximum Gasteiger partial charge on any atom is 0.321 e. The Labute approximate surface area is 94.8 Å². The molecule has 1 rings (SSSR count). The minimum atomic E-state index is -1.13. The minimum Gasteiger partial charge on any atom is -0.480 e. The van der Waals surface area contributed by atoms with Gasteiger partial charge < -0.3 is 21.1 Å². The first-order valence-corrected chi connectivity index (χ1v) is 5.47. The Morgan fingerprint density at radius 2 is 2.06 bits per heavy atom. The van der Waals surface area contributed by atoms with Crippen LogP contribution in [-0.4, -0.2) is 54.1 Å². The van der Waals surface area contributed by atoms with E-state index in [1.807, 2.05) is 0 Å². The highest BCUT2D eigenvalue weighted by Crippen LogP contribution is 2.11. The Bertz CT molecular complexity index is 264. The van der Waals surface area contributed by atoms with Gasteiger partial charge in [0.2, 0.25) is 5.91 Å². The van der Waals surface area contributed by atoms with Gasteiger partial charge in [-0.2, -0.15) is 0 Å². The molecular formula is C10H19N3O3. The molecule has 0 saturated carbocycles. The number of carboxylic acids is 1. The topological polar surface area (TPSA) is 95.7 Å². The van der Waals surface area contributed by atoms with Crippen molar-refractivity contribution in [2.45, 2.75) is 31.3 Å². The number of rotatable bonds is 4. The molecule has 0 aliphatic carbocycles. The Kier molecular flexibility index (Phi) is 4.70. The monoisotopic (exact) mass is 229 g/mol. The molecule has 1 heterocycles. The minimum absolute atomic E-state index is 0.129. The highest BCUT2D eigenvalue weighted by atomic mass is 16.4. The summed E-state index contributed by atoms with van der Waals surface area (Å²) < 4.78 is 0. The molecule has 6 heteroatoms. The second kappa shape index (κ2) is 5.81. The van der Waals surface area contributed by atoms with Crippen LogP contribution in [0.2, 0.25) is 0 Å². The lowest BCUT2D eigenvalue weighted by Crippen LogP contribution is -2.46. The quantitative estimate of drug-likeness (QED) is 0.574. The van der Waals surface area contributed by atoms with Crippen LogP contribution in [0.3, 0.4) is 0 Å². The molecule has 0 radical (unpaired) electrons. The molecule has 0 unspecified atom stereocenters. The van der Waals surface area contributed by atoms with Gasteiger partial charge in [0.1, 0.15) is 6.04 Å². The molecule has 92 valence electrons. The molecule has 4 N–H and O–H groups in total. The van der Waals surface area contributed by atoms with Crippen molar-refractivity contribution in [3.8, 4) is 0 Å². The van der Waals surface area contributed by atoms with Crippen LogP contribution in [-0.2, 0) is 9.59 Å². The largest absolute Gasteiger partial charge is 0.480 e. The molecule has 16 heavy (non-hydrogen) atoms. The molecular weight excluding hydrogens is 210 g/mol. The predicted molar refractivity (Wildman–Crippen MR) is 58.9 cm³/mol. The second-order valence-electron chi connectivity index (χ2n) is 4.13. The first kappa shape index (κ1) is 12.9. The zero-order valence-electron chi connectivity index (χ0n) is 9.48. The van der Waals surface area contributed by atoms with Crippen molar-refractivity contribution in [2.75, 3.05) is 20.1 Å². The summed E-state index contributed by atoms with van der Waals surface area (Å²) in [4.78, 5) is 23.9. The zero-order chi connectivity index (χ0) is 12.1. The summed E-state index contributed by atoms with van der Waals surface area (Å²) >= 11 is 0. The van der Waals surface area contributed by atoms with Crippen molar-refractivity contribution in [3.63, 3.8) is 0 Å². The molecule has 1 amide bonds. The molecule has 1 fully saturated rings. The van der Waals surface area contributed by atoms with Crippen molar-refractivity contribution in [1.82, 2.24) is 10.2 Å². The molecule has 1 aliphatic heterocycles. The number of nitrogens with one attached hydrogen (secondary N) is 1. The number of nitrogens with two attached hydrogens (primary N) is 1. The van der Waals surface area contributed by atoms with Crippen molar-refractivity contribution in [2.24, 2.45) is 5.73 Å². The van der Waals surface area contributed by atoms with E-state index in [1.54, 1.807) is 11.9 Å². The second-order valence-corrected chi connectivity index (χ2v) is 4.13. The molecule has 6 nitrogen and oxygen atoms in total. The van der Waals surface area contributed by atoms with E-state index in [4.69, 9.17) is 10.8 Å². The van der Waals surface area contributed by atoms with Crippen LogP contribution in [0.15, 0.2) is 0 Å². The van der Waals surface area contributed by atoms with Crippen LogP contribution in [0.25, 0.3) is 0 Å². The third kappa shape index (κ3) is 3.46. The van der Waals surface area contributed by atoms with Crippen molar-refractivity contribution in [1.29, 1.82) is 0 Å². The van der Waals surface area contributed by atoms with Gasteiger partial charge in [0, 0.05) is 13.1 Å². The van der Waals surface area contributed by atoms with E-state index >= 15 is 0 Å². The van der Waals surface area contributed by atoms with E-state index in [0.29, 0.717) is 0 Å². The number of hydrogen-bond acceptors (Lipinski definition) is 4. The SMILES string of the molecule is CN(C(=O)C[C@H](N)C(=O)O)C1CCNCC1. The number of amides is 1. The number of aliphatic carboxylic acids is 1. The third-order valence-corrected chi connectivity index (χ3v) is 2.96. The van der Waals surface area contributed by atoms with Gasteiger partial charge in [0.25, 0.3) is 0 Å². The van der Waals surface area contributed by atoms with Crippen LogP contribution in [0.4, 0.5) is 0 Å². The standard InChI is InChI=1S/C10H19N3O3/c1-13(7-2-4-12-5-3-7)9(14)6-8(11)10(15)16/h7-8,12H,2-6,11H2,1H3,(H,15,16)/t8-/m0/s1. The van der Waals surface area contributed by atoms with Crippen LogP contribution in [0.5, 0.6) is 0 Å². The van der Waals surface area contributed by atoms with Crippen LogP contribution in [0.1, 0.15) is 19.3 Å².